The summed E-state index contributed by atoms with van der Waals surface area (Å²) in [5.74, 6) is 0.243. The van der Waals surface area contributed by atoms with Gasteiger partial charge in [0, 0.05) is 45.0 Å². The molecule has 0 aliphatic carbocycles. The molecule has 0 spiro atoms. The smallest absolute Gasteiger partial charge is 0.244 e. The van der Waals surface area contributed by atoms with E-state index in [0.717, 1.165) is 38.9 Å². The minimum atomic E-state index is -3.45. The molecule has 1 aromatic heterocycles. The van der Waals surface area contributed by atoms with E-state index in [4.69, 9.17) is 0 Å². The zero-order chi connectivity index (χ0) is 21.7. The Hall–Kier alpha value is -1.94. The average Bonchev–Trinajstić information content (AvgIpc) is 3.46. The van der Waals surface area contributed by atoms with Crippen LogP contribution < -0.4 is 5.32 Å². The molecular formula is C22H28N4O3S2. The number of sulfonamides is 1. The molecule has 2 aromatic rings. The standard InChI is InChI=1S/C22H28N4O3S2/c27-21(24-19-10-13-25(16-19)15-18-6-2-1-3-7-18)17-30-22-9-8-20(14-23-22)31(28,29)26-11-4-5-12-26/h1-3,6-9,14,19H,4-5,10-13,15-17H2,(H,24,27). The number of hydrogen-bond donors (Lipinski definition) is 1. The van der Waals surface area contributed by atoms with Crippen molar-refractivity contribution >= 4 is 27.7 Å². The number of hydrogen-bond acceptors (Lipinski definition) is 6. The van der Waals surface area contributed by atoms with Gasteiger partial charge in [-0.15, -0.1) is 0 Å². The lowest BCUT2D eigenvalue weighted by Crippen LogP contribution is -2.38. The van der Waals surface area contributed by atoms with Gasteiger partial charge in [0.15, 0.2) is 0 Å². The van der Waals surface area contributed by atoms with Crippen molar-refractivity contribution < 1.29 is 13.2 Å². The highest BCUT2D eigenvalue weighted by Gasteiger charge is 2.27. The maximum atomic E-state index is 12.6. The summed E-state index contributed by atoms with van der Waals surface area (Å²) >= 11 is 1.32. The number of rotatable bonds is 8. The summed E-state index contributed by atoms with van der Waals surface area (Å²) in [4.78, 5) is 19.2. The van der Waals surface area contributed by atoms with Crippen molar-refractivity contribution in [2.45, 2.75) is 41.8 Å². The van der Waals surface area contributed by atoms with Gasteiger partial charge in [0.25, 0.3) is 0 Å². The second-order valence-corrected chi connectivity index (χ2v) is 10.9. The predicted molar refractivity (Wildman–Crippen MR) is 121 cm³/mol. The summed E-state index contributed by atoms with van der Waals surface area (Å²) in [6.45, 7) is 3.87. The van der Waals surface area contributed by atoms with Crippen molar-refractivity contribution in [1.82, 2.24) is 19.5 Å². The van der Waals surface area contributed by atoms with Crippen LogP contribution in [0, 0.1) is 0 Å². The molecule has 0 saturated carbocycles. The highest BCUT2D eigenvalue weighted by molar-refractivity contribution is 7.99. The molecular weight excluding hydrogens is 432 g/mol. The lowest BCUT2D eigenvalue weighted by molar-refractivity contribution is -0.119. The quantitative estimate of drug-likeness (QED) is 0.609. The van der Waals surface area contributed by atoms with Crippen LogP contribution >= 0.6 is 11.8 Å². The number of amides is 1. The van der Waals surface area contributed by atoms with Gasteiger partial charge in [0.2, 0.25) is 15.9 Å². The van der Waals surface area contributed by atoms with Gasteiger partial charge < -0.3 is 5.32 Å². The summed E-state index contributed by atoms with van der Waals surface area (Å²) in [5, 5.41) is 3.75. The Labute approximate surface area is 188 Å². The summed E-state index contributed by atoms with van der Waals surface area (Å²) in [5.41, 5.74) is 1.28. The fourth-order valence-corrected chi connectivity index (χ4v) is 6.14. The van der Waals surface area contributed by atoms with Crippen LogP contribution in [0.2, 0.25) is 0 Å². The number of benzene rings is 1. The summed E-state index contributed by atoms with van der Waals surface area (Å²) in [6, 6.07) is 13.8. The minimum absolute atomic E-state index is 0.0212. The van der Waals surface area contributed by atoms with Crippen LogP contribution in [0.4, 0.5) is 0 Å². The molecule has 2 saturated heterocycles. The Morgan fingerprint density at radius 3 is 2.58 bits per heavy atom. The summed E-state index contributed by atoms with van der Waals surface area (Å²) in [7, 11) is -3.45. The van der Waals surface area contributed by atoms with Gasteiger partial charge in [0.05, 0.1) is 10.8 Å². The fraction of sp³-hybridized carbons (Fsp3) is 0.455. The van der Waals surface area contributed by atoms with E-state index < -0.39 is 10.0 Å². The van der Waals surface area contributed by atoms with Crippen molar-refractivity contribution in [2.24, 2.45) is 0 Å². The number of nitrogens with zero attached hydrogens (tertiary/aromatic N) is 3. The van der Waals surface area contributed by atoms with Gasteiger partial charge in [-0.1, -0.05) is 42.1 Å². The maximum Gasteiger partial charge on any atom is 0.244 e. The zero-order valence-electron chi connectivity index (χ0n) is 17.4. The monoisotopic (exact) mass is 460 g/mol. The third kappa shape index (κ3) is 5.85. The first kappa shape index (κ1) is 22.3. The van der Waals surface area contributed by atoms with Gasteiger partial charge in [-0.25, -0.2) is 13.4 Å². The van der Waals surface area contributed by atoms with Crippen molar-refractivity contribution in [3.8, 4) is 0 Å². The van der Waals surface area contributed by atoms with E-state index in [0.29, 0.717) is 18.1 Å². The molecule has 2 aliphatic rings. The van der Waals surface area contributed by atoms with Crippen LogP contribution in [0.5, 0.6) is 0 Å². The molecule has 9 heteroatoms. The molecule has 31 heavy (non-hydrogen) atoms. The topological polar surface area (TPSA) is 82.6 Å². The van der Waals surface area contributed by atoms with E-state index in [1.165, 1.54) is 27.8 Å². The molecule has 166 valence electrons. The molecule has 1 atom stereocenters. The Bertz CT molecular complexity index is 978. The Morgan fingerprint density at radius 1 is 1.10 bits per heavy atom. The van der Waals surface area contributed by atoms with Gasteiger partial charge in [-0.3, -0.25) is 9.69 Å². The Balaban J connectivity index is 1.22. The van der Waals surface area contributed by atoms with Gasteiger partial charge >= 0.3 is 0 Å². The maximum absolute atomic E-state index is 12.6. The number of thioether (sulfide) groups is 1. The molecule has 2 aliphatic heterocycles. The van der Waals surface area contributed by atoms with Gasteiger partial charge in [-0.05, 0) is 37.0 Å². The minimum Gasteiger partial charge on any atom is -0.351 e. The number of carbonyl (C=O) groups excluding carboxylic acids is 1. The molecule has 1 aromatic carbocycles. The first-order chi connectivity index (χ1) is 15.0. The van der Waals surface area contributed by atoms with E-state index in [1.807, 2.05) is 18.2 Å². The lowest BCUT2D eigenvalue weighted by Gasteiger charge is -2.17. The van der Waals surface area contributed by atoms with E-state index in [1.54, 1.807) is 12.1 Å². The zero-order valence-corrected chi connectivity index (χ0v) is 19.1. The summed E-state index contributed by atoms with van der Waals surface area (Å²) < 4.78 is 26.6. The number of pyridine rings is 1. The van der Waals surface area contributed by atoms with Crippen molar-refractivity contribution in [1.29, 1.82) is 0 Å². The van der Waals surface area contributed by atoms with Gasteiger partial charge in [0.1, 0.15) is 4.90 Å². The van der Waals surface area contributed by atoms with E-state index in [2.05, 4.69) is 27.3 Å². The molecule has 0 bridgehead atoms. The van der Waals surface area contributed by atoms with E-state index in [-0.39, 0.29) is 22.6 Å². The Morgan fingerprint density at radius 2 is 1.87 bits per heavy atom. The molecule has 1 N–H and O–H groups in total. The van der Waals surface area contributed by atoms with Crippen LogP contribution in [0.15, 0.2) is 58.6 Å². The molecule has 3 heterocycles. The van der Waals surface area contributed by atoms with Crippen LogP contribution in [-0.4, -0.2) is 66.5 Å². The van der Waals surface area contributed by atoms with Crippen molar-refractivity contribution in [2.75, 3.05) is 31.9 Å². The molecule has 7 nitrogen and oxygen atoms in total. The molecule has 1 unspecified atom stereocenters. The van der Waals surface area contributed by atoms with Crippen LogP contribution in [-0.2, 0) is 21.4 Å². The number of aromatic nitrogens is 1. The van der Waals surface area contributed by atoms with Crippen LogP contribution in [0.25, 0.3) is 0 Å². The number of likely N-dealkylation sites (tertiary alicyclic amines) is 1. The van der Waals surface area contributed by atoms with Crippen molar-refractivity contribution in [3.63, 3.8) is 0 Å². The largest absolute Gasteiger partial charge is 0.351 e. The molecule has 0 radical (unpaired) electrons. The first-order valence-electron chi connectivity index (χ1n) is 10.7. The lowest BCUT2D eigenvalue weighted by atomic mass is 10.2. The normalized spacial score (nSPS) is 20.2. The second kappa shape index (κ2) is 10.1. The fourth-order valence-electron chi connectivity index (χ4n) is 4.03. The van der Waals surface area contributed by atoms with Crippen LogP contribution in [0.1, 0.15) is 24.8 Å². The van der Waals surface area contributed by atoms with Gasteiger partial charge in [-0.2, -0.15) is 4.31 Å². The highest BCUT2D eigenvalue weighted by atomic mass is 32.2. The molecule has 1 amide bonds. The second-order valence-electron chi connectivity index (χ2n) is 8.01. The van der Waals surface area contributed by atoms with E-state index in [9.17, 15) is 13.2 Å². The number of nitrogens with one attached hydrogen (secondary N) is 1. The first-order valence-corrected chi connectivity index (χ1v) is 13.1. The van der Waals surface area contributed by atoms with Crippen LogP contribution in [0.3, 0.4) is 0 Å². The molecule has 4 rings (SSSR count). The number of carbonyl (C=O) groups is 1. The molecule has 2 fully saturated rings. The third-order valence-corrected chi connectivity index (χ3v) is 8.48. The SMILES string of the molecule is O=C(CSc1ccc(S(=O)(=O)N2CCCC2)cn1)NC1CCN(Cc2ccccc2)C1. The van der Waals surface area contributed by atoms with E-state index >= 15 is 0 Å². The average molecular weight is 461 g/mol. The highest BCUT2D eigenvalue weighted by Crippen LogP contribution is 2.22. The summed E-state index contributed by atoms with van der Waals surface area (Å²) in [6.07, 6.45) is 4.15. The predicted octanol–water partition coefficient (Wildman–Crippen LogP) is 2.35. The Kier molecular flexibility index (Phi) is 7.27. The van der Waals surface area contributed by atoms with Crippen molar-refractivity contribution in [3.05, 3.63) is 54.2 Å². The third-order valence-electron chi connectivity index (χ3n) is 5.65.